The number of amides is 1. The molecule has 0 saturated carbocycles. The van der Waals surface area contributed by atoms with Gasteiger partial charge in [-0.15, -0.1) is 0 Å². The summed E-state index contributed by atoms with van der Waals surface area (Å²) in [5.74, 6) is -0.259. The van der Waals surface area contributed by atoms with Crippen molar-refractivity contribution < 1.29 is 14.0 Å². The lowest BCUT2D eigenvalue weighted by molar-refractivity contribution is 0.0995. The Morgan fingerprint density at radius 3 is 2.77 bits per heavy atom. The van der Waals surface area contributed by atoms with Gasteiger partial charge in [0.1, 0.15) is 5.58 Å². The standard InChI is InChI=1S/C15H11BrN2O3S/c1-7-13(8(2)19)22-15(17-7)18-14(20)12-6-9-5-10(16)3-4-11(9)21-12/h3-6H,1-2H3,(H,17,18,20). The van der Waals surface area contributed by atoms with Crippen molar-refractivity contribution >= 4 is 55.1 Å². The maximum absolute atomic E-state index is 12.2. The fraction of sp³-hybridized carbons (Fsp3) is 0.133. The van der Waals surface area contributed by atoms with Crippen molar-refractivity contribution in [3.63, 3.8) is 0 Å². The highest BCUT2D eigenvalue weighted by molar-refractivity contribution is 9.10. The molecule has 0 aliphatic heterocycles. The molecule has 3 aromatic rings. The van der Waals surface area contributed by atoms with Crippen molar-refractivity contribution in [2.24, 2.45) is 0 Å². The van der Waals surface area contributed by atoms with Gasteiger partial charge in [0.15, 0.2) is 16.7 Å². The topological polar surface area (TPSA) is 72.2 Å². The fourth-order valence-corrected chi connectivity index (χ4v) is 3.30. The molecule has 0 unspecified atom stereocenters. The quantitative estimate of drug-likeness (QED) is 0.684. The third-order valence-electron chi connectivity index (χ3n) is 3.04. The molecule has 0 spiro atoms. The molecule has 0 fully saturated rings. The first-order valence-electron chi connectivity index (χ1n) is 6.43. The minimum atomic E-state index is -0.392. The number of rotatable bonds is 3. The summed E-state index contributed by atoms with van der Waals surface area (Å²) in [6.45, 7) is 3.21. The molecule has 3 rings (SSSR count). The zero-order valence-corrected chi connectivity index (χ0v) is 14.2. The van der Waals surface area contributed by atoms with E-state index in [9.17, 15) is 9.59 Å². The highest BCUT2D eigenvalue weighted by Gasteiger charge is 2.17. The zero-order chi connectivity index (χ0) is 15.9. The Morgan fingerprint density at radius 2 is 2.09 bits per heavy atom. The van der Waals surface area contributed by atoms with Crippen LogP contribution in [0.4, 0.5) is 5.13 Å². The second-order valence-electron chi connectivity index (χ2n) is 4.74. The number of ketones is 1. The van der Waals surface area contributed by atoms with Crippen LogP contribution in [0.25, 0.3) is 11.0 Å². The van der Waals surface area contributed by atoms with Crippen LogP contribution in [0, 0.1) is 6.92 Å². The van der Waals surface area contributed by atoms with E-state index in [4.69, 9.17) is 4.42 Å². The molecule has 0 radical (unpaired) electrons. The first-order chi connectivity index (χ1) is 10.4. The second kappa shape index (κ2) is 5.66. The van der Waals surface area contributed by atoms with Crippen LogP contribution in [0.15, 0.2) is 33.2 Å². The molecular weight excluding hydrogens is 368 g/mol. The van der Waals surface area contributed by atoms with E-state index in [1.54, 1.807) is 19.1 Å². The van der Waals surface area contributed by atoms with Crippen LogP contribution in [-0.2, 0) is 0 Å². The summed E-state index contributed by atoms with van der Waals surface area (Å²) in [4.78, 5) is 28.4. The number of carbonyl (C=O) groups is 2. The van der Waals surface area contributed by atoms with Gasteiger partial charge in [-0.3, -0.25) is 14.9 Å². The Kier molecular flexibility index (Phi) is 3.84. The summed E-state index contributed by atoms with van der Waals surface area (Å²) in [6.07, 6.45) is 0. The van der Waals surface area contributed by atoms with Crippen molar-refractivity contribution in [2.45, 2.75) is 13.8 Å². The first-order valence-corrected chi connectivity index (χ1v) is 8.04. The molecule has 0 aliphatic carbocycles. The summed E-state index contributed by atoms with van der Waals surface area (Å²) in [5.41, 5.74) is 1.24. The molecule has 7 heteroatoms. The number of Topliss-reactive ketones (excluding diaryl/α,β-unsaturated/α-hetero) is 1. The van der Waals surface area contributed by atoms with Crippen molar-refractivity contribution in [3.8, 4) is 0 Å². The first kappa shape index (κ1) is 14.9. The van der Waals surface area contributed by atoms with E-state index in [-0.39, 0.29) is 11.5 Å². The van der Waals surface area contributed by atoms with E-state index in [1.807, 2.05) is 12.1 Å². The van der Waals surface area contributed by atoms with Gasteiger partial charge in [0.25, 0.3) is 5.91 Å². The molecule has 22 heavy (non-hydrogen) atoms. The third kappa shape index (κ3) is 2.82. The van der Waals surface area contributed by atoms with Gasteiger partial charge >= 0.3 is 0 Å². The number of halogens is 1. The Bertz CT molecular complexity index is 897. The van der Waals surface area contributed by atoms with Crippen LogP contribution in [0.2, 0.25) is 0 Å². The van der Waals surface area contributed by atoms with Crippen LogP contribution in [0.3, 0.4) is 0 Å². The van der Waals surface area contributed by atoms with Gasteiger partial charge < -0.3 is 4.42 Å². The summed E-state index contributed by atoms with van der Waals surface area (Å²) < 4.78 is 6.43. The predicted molar refractivity (Wildman–Crippen MR) is 88.7 cm³/mol. The predicted octanol–water partition coefficient (Wildman–Crippen LogP) is 4.42. The van der Waals surface area contributed by atoms with Crippen molar-refractivity contribution in [1.29, 1.82) is 0 Å². The van der Waals surface area contributed by atoms with Gasteiger partial charge in [-0.25, -0.2) is 4.98 Å². The SMILES string of the molecule is CC(=O)c1sc(NC(=O)c2cc3cc(Br)ccc3o2)nc1C. The van der Waals surface area contributed by atoms with Crippen LogP contribution >= 0.6 is 27.3 Å². The Labute approximate surface area is 138 Å². The number of carbonyl (C=O) groups excluding carboxylic acids is 2. The molecule has 0 atom stereocenters. The van der Waals surface area contributed by atoms with E-state index in [1.165, 1.54) is 6.92 Å². The summed E-state index contributed by atoms with van der Waals surface area (Å²) in [7, 11) is 0. The van der Waals surface area contributed by atoms with E-state index >= 15 is 0 Å². The molecule has 0 aliphatic rings. The molecule has 2 heterocycles. The number of nitrogens with one attached hydrogen (secondary N) is 1. The minimum absolute atomic E-state index is 0.0657. The molecule has 5 nitrogen and oxygen atoms in total. The Balaban J connectivity index is 1.86. The number of hydrogen-bond donors (Lipinski definition) is 1. The largest absolute Gasteiger partial charge is 0.451 e. The van der Waals surface area contributed by atoms with E-state index < -0.39 is 5.91 Å². The van der Waals surface area contributed by atoms with E-state index in [0.29, 0.717) is 21.3 Å². The van der Waals surface area contributed by atoms with Crippen molar-refractivity contribution in [1.82, 2.24) is 4.98 Å². The monoisotopic (exact) mass is 378 g/mol. The average Bonchev–Trinajstić information content (AvgIpc) is 3.01. The van der Waals surface area contributed by atoms with Gasteiger partial charge in [-0.05, 0) is 31.2 Å². The molecule has 112 valence electrons. The molecular formula is C15H11BrN2O3S. The highest BCUT2D eigenvalue weighted by Crippen LogP contribution is 2.26. The number of furan rings is 1. The van der Waals surface area contributed by atoms with Crippen molar-refractivity contribution in [3.05, 3.63) is 45.1 Å². The smallest absolute Gasteiger partial charge is 0.293 e. The normalized spacial score (nSPS) is 10.9. The number of aromatic nitrogens is 1. The third-order valence-corrected chi connectivity index (χ3v) is 4.71. The van der Waals surface area contributed by atoms with E-state index in [0.717, 1.165) is 21.2 Å². The van der Waals surface area contributed by atoms with Gasteiger partial charge in [0, 0.05) is 16.8 Å². The van der Waals surface area contributed by atoms with Crippen LogP contribution in [-0.4, -0.2) is 16.7 Å². The summed E-state index contributed by atoms with van der Waals surface area (Å²) in [6, 6.07) is 7.17. The lowest BCUT2D eigenvalue weighted by Crippen LogP contribution is -2.10. The lowest BCUT2D eigenvalue weighted by atomic mass is 10.2. The highest BCUT2D eigenvalue weighted by atomic mass is 79.9. The molecule has 0 bridgehead atoms. The average molecular weight is 379 g/mol. The maximum atomic E-state index is 12.2. The number of thiazole rings is 1. The van der Waals surface area contributed by atoms with Crippen molar-refractivity contribution in [2.75, 3.05) is 5.32 Å². The Hall–Kier alpha value is -1.99. The van der Waals surface area contributed by atoms with Gasteiger partial charge in [-0.1, -0.05) is 27.3 Å². The molecule has 1 N–H and O–H groups in total. The van der Waals surface area contributed by atoms with Crippen LogP contribution in [0.5, 0.6) is 0 Å². The number of aryl methyl sites for hydroxylation is 1. The summed E-state index contributed by atoms with van der Waals surface area (Å²) >= 11 is 4.53. The molecule has 2 aromatic heterocycles. The fourth-order valence-electron chi connectivity index (χ4n) is 2.06. The summed E-state index contributed by atoms with van der Waals surface area (Å²) in [5, 5.41) is 3.88. The number of fused-ring (bicyclic) bond motifs is 1. The number of benzene rings is 1. The minimum Gasteiger partial charge on any atom is -0.451 e. The number of nitrogens with zero attached hydrogens (tertiary/aromatic N) is 1. The van der Waals surface area contributed by atoms with E-state index in [2.05, 4.69) is 26.2 Å². The van der Waals surface area contributed by atoms with Crippen LogP contribution < -0.4 is 5.32 Å². The Morgan fingerprint density at radius 1 is 1.32 bits per heavy atom. The van der Waals surface area contributed by atoms with Gasteiger partial charge in [0.05, 0.1) is 10.6 Å². The maximum Gasteiger partial charge on any atom is 0.293 e. The molecule has 0 saturated heterocycles. The second-order valence-corrected chi connectivity index (χ2v) is 6.65. The van der Waals surface area contributed by atoms with Crippen LogP contribution in [0.1, 0.15) is 32.8 Å². The molecule has 1 aromatic carbocycles. The van der Waals surface area contributed by atoms with Gasteiger partial charge in [-0.2, -0.15) is 0 Å². The zero-order valence-electron chi connectivity index (χ0n) is 11.8. The molecule has 1 amide bonds. The van der Waals surface area contributed by atoms with Gasteiger partial charge in [0.2, 0.25) is 0 Å². The number of anilines is 1. The number of hydrogen-bond acceptors (Lipinski definition) is 5. The lowest BCUT2D eigenvalue weighted by Gasteiger charge is -1.96.